The Hall–Kier alpha value is -1.42. The second kappa shape index (κ2) is 6.23. The van der Waals surface area contributed by atoms with Gasteiger partial charge in [0.1, 0.15) is 5.75 Å². The number of rotatable bonds is 5. The number of hydrogen-bond acceptors (Lipinski definition) is 3. The molecule has 0 atom stereocenters. The maximum Gasteiger partial charge on any atom is 0.221 e. The molecule has 0 aliphatic carbocycles. The molecule has 0 heterocycles. The minimum Gasteiger partial charge on any atom is -0.495 e. The van der Waals surface area contributed by atoms with Gasteiger partial charge in [-0.25, -0.2) is 0 Å². The van der Waals surface area contributed by atoms with Crippen LogP contribution in [0.25, 0.3) is 0 Å². The molecule has 0 aromatic heterocycles. The van der Waals surface area contributed by atoms with Gasteiger partial charge in [-0.2, -0.15) is 0 Å². The van der Waals surface area contributed by atoms with Gasteiger partial charge in [0.05, 0.1) is 12.1 Å². The summed E-state index contributed by atoms with van der Waals surface area (Å²) in [7, 11) is 3.19. The van der Waals surface area contributed by atoms with E-state index in [9.17, 15) is 4.79 Å². The lowest BCUT2D eigenvalue weighted by atomic mass is 10.3. The zero-order valence-corrected chi connectivity index (χ0v) is 10.1. The highest BCUT2D eigenvalue weighted by Crippen LogP contribution is 2.26. The molecule has 0 bridgehead atoms. The van der Waals surface area contributed by atoms with Gasteiger partial charge in [0.2, 0.25) is 5.91 Å². The molecule has 5 heteroatoms. The van der Waals surface area contributed by atoms with Crippen molar-refractivity contribution < 1.29 is 9.53 Å². The van der Waals surface area contributed by atoms with E-state index in [-0.39, 0.29) is 5.91 Å². The van der Waals surface area contributed by atoms with Crippen molar-refractivity contribution in [3.63, 3.8) is 0 Å². The van der Waals surface area contributed by atoms with Crippen molar-refractivity contribution in [3.05, 3.63) is 23.2 Å². The summed E-state index contributed by atoms with van der Waals surface area (Å²) in [6.07, 6.45) is 0.431. The van der Waals surface area contributed by atoms with Crippen LogP contribution in [0.3, 0.4) is 0 Å². The highest BCUT2D eigenvalue weighted by atomic mass is 35.5. The first-order valence-corrected chi connectivity index (χ1v) is 5.33. The molecule has 0 spiro atoms. The van der Waals surface area contributed by atoms with Crippen LogP contribution < -0.4 is 15.4 Å². The van der Waals surface area contributed by atoms with E-state index in [1.807, 2.05) is 6.07 Å². The quantitative estimate of drug-likeness (QED) is 0.829. The van der Waals surface area contributed by atoms with Gasteiger partial charge >= 0.3 is 0 Å². The van der Waals surface area contributed by atoms with Crippen molar-refractivity contribution in [1.29, 1.82) is 0 Å². The summed E-state index contributed by atoms with van der Waals surface area (Å²) >= 11 is 5.95. The van der Waals surface area contributed by atoms with Gasteiger partial charge in [-0.05, 0) is 18.2 Å². The van der Waals surface area contributed by atoms with E-state index in [0.29, 0.717) is 23.7 Å². The van der Waals surface area contributed by atoms with Crippen LogP contribution in [0.2, 0.25) is 5.02 Å². The summed E-state index contributed by atoms with van der Waals surface area (Å²) in [6.45, 7) is 0.572. The Morgan fingerprint density at radius 3 is 2.81 bits per heavy atom. The Bertz CT molecular complexity index is 369. The topological polar surface area (TPSA) is 50.4 Å². The first kappa shape index (κ1) is 12.6. The lowest BCUT2D eigenvalue weighted by molar-refractivity contribution is -0.120. The fourth-order valence-corrected chi connectivity index (χ4v) is 1.48. The third kappa shape index (κ3) is 3.62. The summed E-state index contributed by atoms with van der Waals surface area (Å²) in [5.41, 5.74) is 0.870. The Morgan fingerprint density at radius 1 is 1.50 bits per heavy atom. The van der Waals surface area contributed by atoms with E-state index < -0.39 is 0 Å². The van der Waals surface area contributed by atoms with Crippen LogP contribution in [0, 0.1) is 0 Å². The van der Waals surface area contributed by atoms with Crippen LogP contribution in [0.4, 0.5) is 5.69 Å². The normalized spacial score (nSPS) is 9.69. The van der Waals surface area contributed by atoms with Crippen LogP contribution in [-0.2, 0) is 4.79 Å². The summed E-state index contributed by atoms with van der Waals surface area (Å²) < 4.78 is 5.04. The average molecular weight is 243 g/mol. The molecule has 1 aromatic rings. The summed E-state index contributed by atoms with van der Waals surface area (Å²) in [5, 5.41) is 6.21. The predicted octanol–water partition coefficient (Wildman–Crippen LogP) is 1.90. The molecule has 0 radical (unpaired) electrons. The molecule has 2 N–H and O–H groups in total. The number of halogens is 1. The highest BCUT2D eigenvalue weighted by Gasteiger charge is 2.02. The number of benzene rings is 1. The van der Waals surface area contributed by atoms with Crippen LogP contribution in [-0.4, -0.2) is 26.6 Å². The van der Waals surface area contributed by atoms with Crippen molar-refractivity contribution in [3.8, 4) is 5.75 Å². The van der Waals surface area contributed by atoms with Crippen LogP contribution >= 0.6 is 11.6 Å². The van der Waals surface area contributed by atoms with Gasteiger partial charge in [0, 0.05) is 25.7 Å². The van der Waals surface area contributed by atoms with Crippen LogP contribution in [0.1, 0.15) is 6.42 Å². The number of hydrogen-bond donors (Lipinski definition) is 2. The minimum absolute atomic E-state index is 0.00658. The number of amides is 1. The molecule has 0 unspecified atom stereocenters. The molecule has 16 heavy (non-hydrogen) atoms. The monoisotopic (exact) mass is 242 g/mol. The SMILES string of the molecule is CNC(=O)CCNc1ccc(OC)c(Cl)c1. The highest BCUT2D eigenvalue weighted by molar-refractivity contribution is 6.32. The van der Waals surface area contributed by atoms with Crippen LogP contribution in [0.15, 0.2) is 18.2 Å². The maximum absolute atomic E-state index is 11.0. The Morgan fingerprint density at radius 2 is 2.25 bits per heavy atom. The van der Waals surface area contributed by atoms with Gasteiger partial charge in [-0.1, -0.05) is 11.6 Å². The van der Waals surface area contributed by atoms with E-state index in [0.717, 1.165) is 5.69 Å². The van der Waals surface area contributed by atoms with E-state index in [1.54, 1.807) is 26.3 Å². The largest absolute Gasteiger partial charge is 0.495 e. The summed E-state index contributed by atoms with van der Waals surface area (Å²) in [5.74, 6) is 0.644. The van der Waals surface area contributed by atoms with Crippen molar-refractivity contribution in [2.24, 2.45) is 0 Å². The molecule has 1 aromatic carbocycles. The molecule has 4 nitrogen and oxygen atoms in total. The lowest BCUT2D eigenvalue weighted by Gasteiger charge is -2.08. The molecule has 0 aliphatic heterocycles. The van der Waals surface area contributed by atoms with E-state index in [1.165, 1.54) is 0 Å². The van der Waals surface area contributed by atoms with E-state index >= 15 is 0 Å². The number of anilines is 1. The third-order valence-electron chi connectivity index (χ3n) is 2.11. The molecule has 0 aliphatic rings. The average Bonchev–Trinajstić information content (AvgIpc) is 2.29. The zero-order valence-electron chi connectivity index (χ0n) is 9.34. The molecular weight excluding hydrogens is 228 g/mol. The van der Waals surface area contributed by atoms with Crippen molar-refractivity contribution in [2.45, 2.75) is 6.42 Å². The van der Waals surface area contributed by atoms with Gasteiger partial charge in [-0.15, -0.1) is 0 Å². The number of ether oxygens (including phenoxy) is 1. The van der Waals surface area contributed by atoms with Gasteiger partial charge in [-0.3, -0.25) is 4.79 Å². The van der Waals surface area contributed by atoms with Crippen molar-refractivity contribution >= 4 is 23.2 Å². The Labute approximate surface area is 99.9 Å². The minimum atomic E-state index is 0.00658. The van der Waals surface area contributed by atoms with Gasteiger partial charge < -0.3 is 15.4 Å². The summed E-state index contributed by atoms with van der Waals surface area (Å²) in [4.78, 5) is 11.0. The van der Waals surface area contributed by atoms with Crippen molar-refractivity contribution in [1.82, 2.24) is 5.32 Å². The molecule has 88 valence electrons. The first-order valence-electron chi connectivity index (χ1n) is 4.95. The smallest absolute Gasteiger partial charge is 0.221 e. The maximum atomic E-state index is 11.0. The second-order valence-corrected chi connectivity index (χ2v) is 3.61. The van der Waals surface area contributed by atoms with Crippen molar-refractivity contribution in [2.75, 3.05) is 26.0 Å². The molecule has 1 rings (SSSR count). The Balaban J connectivity index is 2.49. The third-order valence-corrected chi connectivity index (χ3v) is 2.41. The fourth-order valence-electron chi connectivity index (χ4n) is 1.22. The fraction of sp³-hybridized carbons (Fsp3) is 0.364. The second-order valence-electron chi connectivity index (χ2n) is 3.20. The number of carbonyl (C=O) groups excluding carboxylic acids is 1. The standard InChI is InChI=1S/C11H15ClN2O2/c1-13-11(15)5-6-14-8-3-4-10(16-2)9(12)7-8/h3-4,7,14H,5-6H2,1-2H3,(H,13,15). The number of carbonyl (C=O) groups is 1. The molecular formula is C11H15ClN2O2. The molecule has 0 saturated heterocycles. The number of nitrogens with one attached hydrogen (secondary N) is 2. The Kier molecular flexibility index (Phi) is 4.92. The molecule has 0 fully saturated rings. The predicted molar refractivity (Wildman–Crippen MR) is 65.2 cm³/mol. The van der Waals surface area contributed by atoms with E-state index in [2.05, 4.69) is 10.6 Å². The van der Waals surface area contributed by atoms with Crippen LogP contribution in [0.5, 0.6) is 5.75 Å². The summed E-state index contributed by atoms with van der Waals surface area (Å²) in [6, 6.07) is 5.41. The van der Waals surface area contributed by atoms with Gasteiger partial charge in [0.15, 0.2) is 0 Å². The van der Waals surface area contributed by atoms with E-state index in [4.69, 9.17) is 16.3 Å². The molecule has 1 amide bonds. The lowest BCUT2D eigenvalue weighted by Crippen LogP contribution is -2.20. The van der Waals surface area contributed by atoms with Gasteiger partial charge in [0.25, 0.3) is 0 Å². The number of methoxy groups -OCH3 is 1. The zero-order chi connectivity index (χ0) is 12.0. The first-order chi connectivity index (χ1) is 7.67. The molecule has 0 saturated carbocycles.